The summed E-state index contributed by atoms with van der Waals surface area (Å²) in [5, 5.41) is 1.83. The van der Waals surface area contributed by atoms with Crippen molar-refractivity contribution in [1.29, 1.82) is 0 Å². The molecule has 0 amide bonds. The van der Waals surface area contributed by atoms with Gasteiger partial charge < -0.3 is 4.57 Å². The summed E-state index contributed by atoms with van der Waals surface area (Å²) in [5.41, 5.74) is 2.37. The van der Waals surface area contributed by atoms with Crippen LogP contribution < -0.4 is 0 Å². The zero-order chi connectivity index (χ0) is 11.4. The first kappa shape index (κ1) is 12.1. The van der Waals surface area contributed by atoms with E-state index in [9.17, 15) is 0 Å². The molecule has 0 aliphatic rings. The van der Waals surface area contributed by atoms with Crippen LogP contribution >= 0.6 is 11.6 Å². The van der Waals surface area contributed by atoms with Crippen molar-refractivity contribution in [3.63, 3.8) is 0 Å². The molecule has 0 N–H and O–H groups in total. The molecule has 0 saturated heterocycles. The quantitative estimate of drug-likeness (QED) is 0.715. The number of rotatable bonds is 1. The summed E-state index contributed by atoms with van der Waals surface area (Å²) in [7, 11) is 0. The Morgan fingerprint density at radius 2 is 2.00 bits per heavy atom. The van der Waals surface area contributed by atoms with Crippen LogP contribution in [0.3, 0.4) is 0 Å². The van der Waals surface area contributed by atoms with E-state index >= 15 is 0 Å². The standard InChI is InChI=1S/C10H11ClN2.C2H6/c1-3-13-6-9(11)8-5-12-4-7(2)10(8)13;1-2/h4-6H,3H2,1-2H3;1-2H3. The lowest BCUT2D eigenvalue weighted by Gasteiger charge is -2.02. The molecule has 2 aromatic heterocycles. The van der Waals surface area contributed by atoms with E-state index in [1.807, 2.05) is 32.4 Å². The maximum absolute atomic E-state index is 6.07. The van der Waals surface area contributed by atoms with Gasteiger partial charge in [-0.3, -0.25) is 4.98 Å². The predicted octanol–water partition coefficient (Wildman–Crippen LogP) is 4.04. The zero-order valence-electron chi connectivity index (χ0n) is 9.71. The van der Waals surface area contributed by atoms with Gasteiger partial charge in [-0.2, -0.15) is 0 Å². The minimum absolute atomic E-state index is 0.785. The van der Waals surface area contributed by atoms with Crippen molar-refractivity contribution in [1.82, 2.24) is 9.55 Å². The van der Waals surface area contributed by atoms with E-state index < -0.39 is 0 Å². The lowest BCUT2D eigenvalue weighted by atomic mass is 10.2. The average molecular weight is 225 g/mol. The summed E-state index contributed by atoms with van der Waals surface area (Å²) in [5.74, 6) is 0. The molecule has 0 radical (unpaired) electrons. The molecule has 0 saturated carbocycles. The zero-order valence-corrected chi connectivity index (χ0v) is 10.5. The summed E-state index contributed by atoms with van der Waals surface area (Å²) in [6.45, 7) is 9.10. The first-order valence-corrected chi connectivity index (χ1v) is 5.70. The van der Waals surface area contributed by atoms with Gasteiger partial charge in [0.05, 0.1) is 10.5 Å². The van der Waals surface area contributed by atoms with Crippen molar-refractivity contribution in [3.05, 3.63) is 29.2 Å². The monoisotopic (exact) mass is 224 g/mol. The van der Waals surface area contributed by atoms with E-state index in [0.29, 0.717) is 0 Å². The lowest BCUT2D eigenvalue weighted by molar-refractivity contribution is 0.795. The molecule has 0 aliphatic carbocycles. The van der Waals surface area contributed by atoms with Crippen LogP contribution in [0.2, 0.25) is 5.02 Å². The summed E-state index contributed by atoms with van der Waals surface area (Å²) < 4.78 is 2.15. The maximum atomic E-state index is 6.07. The van der Waals surface area contributed by atoms with Gasteiger partial charge >= 0.3 is 0 Å². The first-order chi connectivity index (χ1) is 7.24. The van der Waals surface area contributed by atoms with Crippen molar-refractivity contribution < 1.29 is 0 Å². The van der Waals surface area contributed by atoms with E-state index in [1.54, 1.807) is 0 Å². The van der Waals surface area contributed by atoms with Gasteiger partial charge in [-0.15, -0.1) is 0 Å². The van der Waals surface area contributed by atoms with Crippen molar-refractivity contribution in [2.24, 2.45) is 0 Å². The normalized spacial score (nSPS) is 9.93. The number of pyridine rings is 1. The second-order valence-corrected chi connectivity index (χ2v) is 3.52. The van der Waals surface area contributed by atoms with E-state index in [0.717, 1.165) is 17.0 Å². The largest absolute Gasteiger partial charge is 0.346 e. The number of halogens is 1. The van der Waals surface area contributed by atoms with Crippen LogP contribution in [0.15, 0.2) is 18.6 Å². The van der Waals surface area contributed by atoms with Gasteiger partial charge in [-0.1, -0.05) is 25.4 Å². The topological polar surface area (TPSA) is 17.8 Å². The summed E-state index contributed by atoms with van der Waals surface area (Å²) in [4.78, 5) is 4.12. The molecule has 0 aliphatic heterocycles. The second-order valence-electron chi connectivity index (χ2n) is 3.12. The van der Waals surface area contributed by atoms with Gasteiger partial charge in [0.1, 0.15) is 0 Å². The van der Waals surface area contributed by atoms with Crippen LogP contribution in [0.5, 0.6) is 0 Å². The molecule has 2 rings (SSSR count). The van der Waals surface area contributed by atoms with Crippen LogP contribution in [0, 0.1) is 6.92 Å². The van der Waals surface area contributed by atoms with Gasteiger partial charge in [-0.05, 0) is 19.4 Å². The molecule has 82 valence electrons. The molecular weight excluding hydrogens is 208 g/mol. The fourth-order valence-electron chi connectivity index (χ4n) is 1.63. The Morgan fingerprint density at radius 1 is 1.33 bits per heavy atom. The third-order valence-corrected chi connectivity index (χ3v) is 2.56. The number of fused-ring (bicyclic) bond motifs is 1. The van der Waals surface area contributed by atoms with Crippen LogP contribution in [-0.2, 0) is 6.54 Å². The number of aryl methyl sites for hydroxylation is 2. The Morgan fingerprint density at radius 3 is 2.60 bits per heavy atom. The lowest BCUT2D eigenvalue weighted by Crippen LogP contribution is -1.92. The average Bonchev–Trinajstić information content (AvgIpc) is 2.60. The maximum Gasteiger partial charge on any atom is 0.0677 e. The fraction of sp³-hybridized carbons (Fsp3) is 0.417. The third kappa shape index (κ3) is 2.15. The fourth-order valence-corrected chi connectivity index (χ4v) is 1.89. The van der Waals surface area contributed by atoms with Crippen molar-refractivity contribution >= 4 is 22.5 Å². The Labute approximate surface area is 95.9 Å². The van der Waals surface area contributed by atoms with E-state index in [-0.39, 0.29) is 0 Å². The Bertz CT molecular complexity index is 446. The Kier molecular flexibility index (Phi) is 4.15. The van der Waals surface area contributed by atoms with Crippen LogP contribution in [-0.4, -0.2) is 9.55 Å². The number of hydrogen-bond acceptors (Lipinski definition) is 1. The minimum atomic E-state index is 0.785. The van der Waals surface area contributed by atoms with Gasteiger partial charge in [0.15, 0.2) is 0 Å². The first-order valence-electron chi connectivity index (χ1n) is 5.33. The van der Waals surface area contributed by atoms with Crippen molar-refractivity contribution in [3.8, 4) is 0 Å². The SMILES string of the molecule is CC.CCn1cc(Cl)c2cncc(C)c21. The van der Waals surface area contributed by atoms with Crippen molar-refractivity contribution in [2.45, 2.75) is 34.2 Å². The Balaban J connectivity index is 0.000000531. The molecule has 15 heavy (non-hydrogen) atoms. The van der Waals surface area contributed by atoms with Gasteiger partial charge in [-0.25, -0.2) is 0 Å². The smallest absolute Gasteiger partial charge is 0.0677 e. The van der Waals surface area contributed by atoms with E-state index in [1.165, 1.54) is 11.1 Å². The minimum Gasteiger partial charge on any atom is -0.346 e. The highest BCUT2D eigenvalue weighted by Gasteiger charge is 2.07. The molecule has 0 fully saturated rings. The van der Waals surface area contributed by atoms with E-state index in [2.05, 4.69) is 23.4 Å². The second kappa shape index (κ2) is 5.17. The summed E-state index contributed by atoms with van der Waals surface area (Å²) in [6, 6.07) is 0. The van der Waals surface area contributed by atoms with Crippen LogP contribution in [0.4, 0.5) is 0 Å². The van der Waals surface area contributed by atoms with Crippen LogP contribution in [0.25, 0.3) is 10.9 Å². The molecule has 0 atom stereocenters. The van der Waals surface area contributed by atoms with Gasteiger partial charge in [0.25, 0.3) is 0 Å². The molecular formula is C12H17ClN2. The molecule has 2 aromatic rings. The molecule has 2 heterocycles. The molecule has 0 spiro atoms. The highest BCUT2D eigenvalue weighted by Crippen LogP contribution is 2.26. The van der Waals surface area contributed by atoms with Crippen LogP contribution in [0.1, 0.15) is 26.3 Å². The molecule has 0 bridgehead atoms. The number of aromatic nitrogens is 2. The highest BCUT2D eigenvalue weighted by molar-refractivity contribution is 6.35. The van der Waals surface area contributed by atoms with Crippen molar-refractivity contribution in [2.75, 3.05) is 0 Å². The molecule has 0 unspecified atom stereocenters. The molecule has 3 heteroatoms. The van der Waals surface area contributed by atoms with Gasteiger partial charge in [0.2, 0.25) is 0 Å². The highest BCUT2D eigenvalue weighted by atomic mass is 35.5. The summed E-state index contributed by atoms with van der Waals surface area (Å²) >= 11 is 6.07. The third-order valence-electron chi connectivity index (χ3n) is 2.25. The summed E-state index contributed by atoms with van der Waals surface area (Å²) in [6.07, 6.45) is 5.64. The van der Waals surface area contributed by atoms with E-state index in [4.69, 9.17) is 11.6 Å². The van der Waals surface area contributed by atoms with Gasteiger partial charge in [0, 0.05) is 30.5 Å². The Hall–Kier alpha value is -1.02. The molecule has 2 nitrogen and oxygen atoms in total. The number of hydrogen-bond donors (Lipinski definition) is 0. The predicted molar refractivity (Wildman–Crippen MR) is 66.5 cm³/mol. The number of nitrogens with zero attached hydrogens (tertiary/aromatic N) is 2. The molecule has 0 aromatic carbocycles.